The predicted octanol–water partition coefficient (Wildman–Crippen LogP) is 4.43. The van der Waals surface area contributed by atoms with Crippen molar-refractivity contribution in [1.82, 2.24) is 0 Å². The second-order valence-electron chi connectivity index (χ2n) is 5.79. The maximum Gasteiger partial charge on any atom is 0.174 e. The molecule has 1 aliphatic carbocycles. The number of hydrogen-bond acceptors (Lipinski definition) is 3. The number of methoxy groups -OCH3 is 1. The van der Waals surface area contributed by atoms with Gasteiger partial charge in [0.25, 0.3) is 0 Å². The number of benzene rings is 2. The summed E-state index contributed by atoms with van der Waals surface area (Å²) in [5.41, 5.74) is 1.45. The van der Waals surface area contributed by atoms with Crippen molar-refractivity contribution in [3.63, 3.8) is 0 Å². The van der Waals surface area contributed by atoms with Crippen molar-refractivity contribution in [3.8, 4) is 0 Å². The quantitative estimate of drug-likeness (QED) is 0.611. The minimum absolute atomic E-state index is 0.160. The van der Waals surface area contributed by atoms with E-state index in [9.17, 15) is 9.59 Å². The van der Waals surface area contributed by atoms with E-state index in [0.29, 0.717) is 22.8 Å². The van der Waals surface area contributed by atoms with Gasteiger partial charge in [-0.3, -0.25) is 9.59 Å². The lowest BCUT2D eigenvalue weighted by Crippen LogP contribution is -2.33. The van der Waals surface area contributed by atoms with E-state index in [-0.39, 0.29) is 17.5 Å². The third-order valence-corrected chi connectivity index (χ3v) is 4.59. The molecule has 0 fully saturated rings. The van der Waals surface area contributed by atoms with Gasteiger partial charge in [-0.05, 0) is 17.7 Å². The first kappa shape index (κ1) is 16.5. The van der Waals surface area contributed by atoms with E-state index in [1.165, 1.54) is 13.2 Å². The van der Waals surface area contributed by atoms with Crippen LogP contribution in [-0.4, -0.2) is 18.7 Å². The van der Waals surface area contributed by atoms with E-state index in [2.05, 4.69) is 0 Å². The summed E-state index contributed by atoms with van der Waals surface area (Å²) in [6.45, 7) is 0. The molecule has 0 radical (unpaired) electrons. The Balaban J connectivity index is 2.02. The number of ether oxygens (including phenoxy) is 1. The molecule has 0 saturated carbocycles. The van der Waals surface area contributed by atoms with E-state index in [1.807, 2.05) is 18.2 Å². The van der Waals surface area contributed by atoms with E-state index in [0.717, 1.165) is 5.56 Å². The van der Waals surface area contributed by atoms with Crippen LogP contribution in [0.25, 0.3) is 0 Å². The van der Waals surface area contributed by atoms with Crippen molar-refractivity contribution in [2.75, 3.05) is 7.11 Å². The molecule has 2 aromatic rings. The molecule has 3 nitrogen and oxygen atoms in total. The van der Waals surface area contributed by atoms with Gasteiger partial charge in [0.1, 0.15) is 0 Å². The molecule has 24 heavy (non-hydrogen) atoms. The molecule has 0 aromatic heterocycles. The van der Waals surface area contributed by atoms with Crippen LogP contribution < -0.4 is 0 Å². The molecule has 0 amide bonds. The number of Topliss-reactive ketones (excluding diaryl/α,β-unsaturated/α-hetero) is 1. The van der Waals surface area contributed by atoms with Crippen molar-refractivity contribution < 1.29 is 14.3 Å². The molecule has 2 aromatic carbocycles. The number of ketones is 2. The summed E-state index contributed by atoms with van der Waals surface area (Å²) in [5, 5.41) is 0.620. The summed E-state index contributed by atoms with van der Waals surface area (Å²) in [7, 11) is 1.54. The first-order chi connectivity index (χ1) is 11.6. The highest BCUT2D eigenvalue weighted by molar-refractivity contribution is 6.30. The Morgan fingerprint density at radius 2 is 1.75 bits per heavy atom. The van der Waals surface area contributed by atoms with Crippen LogP contribution in [0.1, 0.15) is 28.3 Å². The van der Waals surface area contributed by atoms with Crippen LogP contribution in [-0.2, 0) is 9.53 Å². The molecule has 0 spiro atoms. The van der Waals surface area contributed by atoms with Crippen molar-refractivity contribution in [1.29, 1.82) is 0 Å². The lowest BCUT2D eigenvalue weighted by Gasteiger charge is -2.29. The third kappa shape index (κ3) is 3.26. The smallest absolute Gasteiger partial charge is 0.174 e. The van der Waals surface area contributed by atoms with Gasteiger partial charge in [0.05, 0.1) is 18.8 Å². The van der Waals surface area contributed by atoms with Crippen molar-refractivity contribution in [3.05, 3.63) is 82.6 Å². The number of halogens is 1. The SMILES string of the molecule is COC1=CC(=O)C(C(=O)c2ccccc2)C(c2ccc(Cl)cc2)C1. The highest BCUT2D eigenvalue weighted by atomic mass is 35.5. The molecular formula is C20H17ClO3. The Hall–Kier alpha value is -2.39. The molecule has 0 bridgehead atoms. The van der Waals surface area contributed by atoms with Gasteiger partial charge in [-0.25, -0.2) is 0 Å². The Kier molecular flexibility index (Phi) is 4.81. The first-order valence-electron chi connectivity index (χ1n) is 7.73. The van der Waals surface area contributed by atoms with E-state index in [4.69, 9.17) is 16.3 Å². The summed E-state index contributed by atoms with van der Waals surface area (Å²) < 4.78 is 5.27. The highest BCUT2D eigenvalue weighted by Crippen LogP contribution is 2.38. The molecule has 122 valence electrons. The molecule has 0 saturated heterocycles. The van der Waals surface area contributed by atoms with Gasteiger partial charge >= 0.3 is 0 Å². The van der Waals surface area contributed by atoms with Gasteiger partial charge in [0.2, 0.25) is 0 Å². The summed E-state index contributed by atoms with van der Waals surface area (Å²) in [6, 6.07) is 16.2. The maximum absolute atomic E-state index is 12.9. The van der Waals surface area contributed by atoms with Crippen LogP contribution in [0.3, 0.4) is 0 Å². The number of rotatable bonds is 4. The standard InChI is InChI=1S/C20H17ClO3/c1-24-16-11-17(13-7-9-15(21)10-8-13)19(18(22)12-16)20(23)14-5-3-2-4-6-14/h2-10,12,17,19H,11H2,1H3. The van der Waals surface area contributed by atoms with Crippen LogP contribution in [0.2, 0.25) is 5.02 Å². The summed E-state index contributed by atoms with van der Waals surface area (Å²) >= 11 is 5.96. The Morgan fingerprint density at radius 3 is 2.38 bits per heavy atom. The number of hydrogen-bond donors (Lipinski definition) is 0. The average Bonchev–Trinajstić information content (AvgIpc) is 2.62. The van der Waals surface area contributed by atoms with Crippen LogP contribution in [0.5, 0.6) is 0 Å². The molecule has 2 unspecified atom stereocenters. The minimum Gasteiger partial charge on any atom is -0.501 e. The first-order valence-corrected chi connectivity index (χ1v) is 8.11. The van der Waals surface area contributed by atoms with Crippen LogP contribution in [0.4, 0.5) is 0 Å². The molecule has 0 heterocycles. The van der Waals surface area contributed by atoms with Gasteiger partial charge in [0.15, 0.2) is 11.6 Å². The number of carbonyl (C=O) groups excluding carboxylic acids is 2. The fourth-order valence-corrected chi connectivity index (χ4v) is 3.22. The second-order valence-corrected chi connectivity index (χ2v) is 6.22. The summed E-state index contributed by atoms with van der Waals surface area (Å²) in [6.07, 6.45) is 1.95. The number of allylic oxidation sites excluding steroid dienone is 2. The Labute approximate surface area is 145 Å². The zero-order valence-electron chi connectivity index (χ0n) is 13.2. The lowest BCUT2D eigenvalue weighted by atomic mass is 9.73. The second kappa shape index (κ2) is 7.02. The monoisotopic (exact) mass is 340 g/mol. The van der Waals surface area contributed by atoms with E-state index < -0.39 is 5.92 Å². The summed E-state index contributed by atoms with van der Waals surface area (Å²) in [4.78, 5) is 25.6. The lowest BCUT2D eigenvalue weighted by molar-refractivity contribution is -0.118. The predicted molar refractivity (Wildman–Crippen MR) is 93.2 cm³/mol. The average molecular weight is 341 g/mol. The Morgan fingerprint density at radius 1 is 1.08 bits per heavy atom. The molecule has 2 atom stereocenters. The van der Waals surface area contributed by atoms with Gasteiger partial charge < -0.3 is 4.74 Å². The highest BCUT2D eigenvalue weighted by Gasteiger charge is 2.39. The molecule has 0 N–H and O–H groups in total. The fourth-order valence-electron chi connectivity index (χ4n) is 3.10. The minimum atomic E-state index is -0.743. The molecular weight excluding hydrogens is 324 g/mol. The van der Waals surface area contributed by atoms with Gasteiger partial charge in [-0.2, -0.15) is 0 Å². The van der Waals surface area contributed by atoms with Crippen molar-refractivity contribution in [2.24, 2.45) is 5.92 Å². The zero-order chi connectivity index (χ0) is 17.1. The van der Waals surface area contributed by atoms with Gasteiger partial charge in [-0.1, -0.05) is 54.1 Å². The van der Waals surface area contributed by atoms with Crippen LogP contribution >= 0.6 is 11.6 Å². The Bertz CT molecular complexity index is 778. The molecule has 4 heteroatoms. The molecule has 0 aliphatic heterocycles. The van der Waals surface area contributed by atoms with Gasteiger partial charge in [0, 0.05) is 29.0 Å². The fraction of sp³-hybridized carbons (Fsp3) is 0.200. The molecule has 3 rings (SSSR count). The van der Waals surface area contributed by atoms with E-state index >= 15 is 0 Å². The van der Waals surface area contributed by atoms with Crippen molar-refractivity contribution >= 4 is 23.2 Å². The normalized spacial score (nSPS) is 20.4. The van der Waals surface area contributed by atoms with E-state index in [1.54, 1.807) is 36.4 Å². The zero-order valence-corrected chi connectivity index (χ0v) is 14.0. The summed E-state index contributed by atoms with van der Waals surface area (Å²) in [5.74, 6) is -0.786. The number of carbonyl (C=O) groups is 2. The molecule has 1 aliphatic rings. The topological polar surface area (TPSA) is 43.4 Å². The third-order valence-electron chi connectivity index (χ3n) is 4.33. The van der Waals surface area contributed by atoms with Crippen LogP contribution in [0, 0.1) is 5.92 Å². The van der Waals surface area contributed by atoms with Crippen LogP contribution in [0.15, 0.2) is 66.4 Å². The van der Waals surface area contributed by atoms with Gasteiger partial charge in [-0.15, -0.1) is 0 Å². The maximum atomic E-state index is 12.9. The largest absolute Gasteiger partial charge is 0.501 e. The van der Waals surface area contributed by atoms with Crippen molar-refractivity contribution in [2.45, 2.75) is 12.3 Å².